The van der Waals surface area contributed by atoms with E-state index in [1.54, 1.807) is 38.4 Å². The fourth-order valence-corrected chi connectivity index (χ4v) is 2.88. The number of nitrogens with zero attached hydrogens (tertiary/aromatic N) is 1. The molecule has 0 amide bonds. The van der Waals surface area contributed by atoms with Gasteiger partial charge < -0.3 is 23.5 Å². The van der Waals surface area contributed by atoms with E-state index in [-0.39, 0.29) is 11.3 Å². The van der Waals surface area contributed by atoms with Gasteiger partial charge >= 0.3 is 7.60 Å². The molecule has 0 aliphatic heterocycles. The summed E-state index contributed by atoms with van der Waals surface area (Å²) < 4.78 is 33.0. The Morgan fingerprint density at radius 1 is 1.14 bits per heavy atom. The van der Waals surface area contributed by atoms with Crippen molar-refractivity contribution < 1.29 is 22.8 Å². The summed E-state index contributed by atoms with van der Waals surface area (Å²) in [5, 5.41) is 2.80. The highest BCUT2D eigenvalue weighted by Gasteiger charge is 2.33. The van der Waals surface area contributed by atoms with Crippen LogP contribution in [-0.4, -0.2) is 33.4 Å². The Morgan fingerprint density at radius 3 is 2.24 bits per heavy atom. The minimum absolute atomic E-state index is 0.112. The van der Waals surface area contributed by atoms with Crippen molar-refractivity contribution in [2.45, 2.75) is 0 Å². The average Bonchev–Trinajstić information content (AvgIpc) is 2.99. The molecule has 0 spiro atoms. The van der Waals surface area contributed by atoms with Crippen LogP contribution in [-0.2, 0) is 13.6 Å². The summed E-state index contributed by atoms with van der Waals surface area (Å²) in [6.45, 7) is 0. The molecule has 0 fully saturated rings. The lowest BCUT2D eigenvalue weighted by molar-refractivity contribution is 0.286. The predicted octanol–water partition coefficient (Wildman–Crippen LogP) is 2.50. The second-order valence-corrected chi connectivity index (χ2v) is 6.16. The molecule has 0 atom stereocenters. The fraction of sp³-hybridized carbons (Fsp3) is 0.308. The maximum atomic E-state index is 12.5. The third kappa shape index (κ3) is 2.95. The van der Waals surface area contributed by atoms with Gasteiger partial charge in [0, 0.05) is 26.8 Å². The number of benzene rings is 1. The zero-order valence-electron chi connectivity index (χ0n) is 12.2. The molecule has 2 rings (SSSR count). The zero-order valence-corrected chi connectivity index (χ0v) is 13.1. The highest BCUT2D eigenvalue weighted by Crippen LogP contribution is 2.47. The predicted molar refractivity (Wildman–Crippen MR) is 79.3 cm³/mol. The molecule has 1 N–H and O–H groups in total. The minimum atomic E-state index is -3.49. The Bertz CT molecular complexity index is 645. The lowest BCUT2D eigenvalue weighted by Gasteiger charge is -2.10. The van der Waals surface area contributed by atoms with Gasteiger partial charge in [0.2, 0.25) is 17.2 Å². The van der Waals surface area contributed by atoms with Gasteiger partial charge in [0.25, 0.3) is 0 Å². The second-order valence-electron chi connectivity index (χ2n) is 4.01. The Balaban J connectivity index is 2.47. The summed E-state index contributed by atoms with van der Waals surface area (Å²) in [6, 6.07) is 7.14. The van der Waals surface area contributed by atoms with Crippen molar-refractivity contribution in [3.05, 3.63) is 24.3 Å². The van der Waals surface area contributed by atoms with Crippen molar-refractivity contribution in [3.8, 4) is 17.2 Å². The first-order valence-electron chi connectivity index (χ1n) is 6.13. The molecule has 1 heterocycles. The van der Waals surface area contributed by atoms with Crippen LogP contribution in [0, 0.1) is 0 Å². The van der Waals surface area contributed by atoms with Crippen LogP contribution < -0.4 is 15.5 Å². The molecule has 0 radical (unpaired) electrons. The first-order valence-corrected chi connectivity index (χ1v) is 7.67. The van der Waals surface area contributed by atoms with E-state index < -0.39 is 7.60 Å². The normalized spacial score (nSPS) is 11.4. The molecule has 0 aliphatic rings. The second kappa shape index (κ2) is 6.30. The number of anilines is 1. The number of oxazole rings is 1. The summed E-state index contributed by atoms with van der Waals surface area (Å²) in [6.07, 6.45) is 0. The lowest BCUT2D eigenvalue weighted by Crippen LogP contribution is -2.13. The Hall–Kier alpha value is -1.82. The molecule has 2 aromatic rings. The van der Waals surface area contributed by atoms with Crippen LogP contribution in [0.5, 0.6) is 5.75 Å². The van der Waals surface area contributed by atoms with Gasteiger partial charge in [0.15, 0.2) is 0 Å². The maximum Gasteiger partial charge on any atom is 0.384 e. The third-order valence-electron chi connectivity index (χ3n) is 2.91. The highest BCUT2D eigenvalue weighted by atomic mass is 31.2. The molecule has 0 aliphatic carbocycles. The summed E-state index contributed by atoms with van der Waals surface area (Å²) in [7, 11) is 2.32. The van der Waals surface area contributed by atoms with E-state index in [9.17, 15) is 4.57 Å². The number of rotatable bonds is 6. The summed E-state index contributed by atoms with van der Waals surface area (Å²) in [4.78, 5) is 4.24. The first kappa shape index (κ1) is 15.6. The van der Waals surface area contributed by atoms with Crippen LogP contribution >= 0.6 is 7.60 Å². The molecular weight excluding hydrogens is 295 g/mol. The van der Waals surface area contributed by atoms with Gasteiger partial charge in [-0.15, -0.1) is 0 Å². The Kier molecular flexibility index (Phi) is 4.67. The molecule has 7 nitrogen and oxygen atoms in total. The van der Waals surface area contributed by atoms with E-state index in [4.69, 9.17) is 18.2 Å². The van der Waals surface area contributed by atoms with E-state index in [0.29, 0.717) is 5.89 Å². The number of hydrogen-bond donors (Lipinski definition) is 1. The molecule has 114 valence electrons. The molecule has 21 heavy (non-hydrogen) atoms. The summed E-state index contributed by atoms with van der Waals surface area (Å²) in [5.41, 5.74) is 0.832. The van der Waals surface area contributed by atoms with E-state index >= 15 is 0 Å². The largest absolute Gasteiger partial charge is 0.497 e. The van der Waals surface area contributed by atoms with Gasteiger partial charge in [-0.25, -0.2) is 0 Å². The number of methoxy groups -OCH3 is 1. The Morgan fingerprint density at radius 2 is 1.76 bits per heavy atom. The monoisotopic (exact) mass is 312 g/mol. The van der Waals surface area contributed by atoms with E-state index in [1.165, 1.54) is 14.2 Å². The number of ether oxygens (including phenoxy) is 1. The molecular formula is C13H17N2O5P. The topological polar surface area (TPSA) is 82.8 Å². The number of hydrogen-bond acceptors (Lipinski definition) is 7. The molecule has 0 bridgehead atoms. The van der Waals surface area contributed by atoms with Crippen LogP contribution in [0.2, 0.25) is 0 Å². The molecule has 1 aromatic heterocycles. The van der Waals surface area contributed by atoms with E-state index in [2.05, 4.69) is 10.3 Å². The van der Waals surface area contributed by atoms with E-state index in [0.717, 1.165) is 11.3 Å². The van der Waals surface area contributed by atoms with Crippen LogP contribution in [0.15, 0.2) is 28.7 Å². The van der Waals surface area contributed by atoms with Gasteiger partial charge in [-0.3, -0.25) is 4.57 Å². The fourth-order valence-electron chi connectivity index (χ4n) is 1.77. The highest BCUT2D eigenvalue weighted by molar-refractivity contribution is 7.62. The molecule has 1 aromatic carbocycles. The summed E-state index contributed by atoms with van der Waals surface area (Å²) >= 11 is 0. The minimum Gasteiger partial charge on any atom is -0.497 e. The molecule has 0 unspecified atom stereocenters. The van der Waals surface area contributed by atoms with Gasteiger partial charge in [0.05, 0.1) is 7.11 Å². The van der Waals surface area contributed by atoms with Crippen LogP contribution in [0.1, 0.15) is 0 Å². The van der Waals surface area contributed by atoms with Gasteiger partial charge in [-0.1, -0.05) is 0 Å². The molecule has 0 saturated carbocycles. The van der Waals surface area contributed by atoms with Crippen molar-refractivity contribution in [1.29, 1.82) is 0 Å². The quantitative estimate of drug-likeness (QED) is 0.820. The molecule has 0 saturated heterocycles. The van der Waals surface area contributed by atoms with Crippen molar-refractivity contribution in [1.82, 2.24) is 4.98 Å². The van der Waals surface area contributed by atoms with Gasteiger partial charge in [0.1, 0.15) is 5.75 Å². The zero-order chi connectivity index (χ0) is 15.5. The number of nitrogens with one attached hydrogen (secondary N) is 1. The van der Waals surface area contributed by atoms with Crippen molar-refractivity contribution in [2.75, 3.05) is 33.7 Å². The third-order valence-corrected chi connectivity index (χ3v) is 4.70. The average molecular weight is 312 g/mol. The first-order chi connectivity index (χ1) is 10.1. The van der Waals surface area contributed by atoms with Crippen molar-refractivity contribution in [3.63, 3.8) is 0 Å². The van der Waals surface area contributed by atoms with Crippen molar-refractivity contribution in [2.24, 2.45) is 0 Å². The molecule has 8 heteroatoms. The standard InChI is InChI=1S/C13H17N2O5P/c1-14-12-13(21(16,18-3)19-4)15-11(20-12)9-5-7-10(17-2)8-6-9/h5-8,14H,1-4H3. The SMILES string of the molecule is CNc1oc(-c2ccc(OC)cc2)nc1P(=O)(OC)OC. The van der Waals surface area contributed by atoms with Crippen LogP contribution in [0.3, 0.4) is 0 Å². The van der Waals surface area contributed by atoms with Crippen molar-refractivity contribution >= 4 is 18.9 Å². The smallest absolute Gasteiger partial charge is 0.384 e. The Labute approximate surface area is 122 Å². The van der Waals surface area contributed by atoms with Gasteiger partial charge in [-0.2, -0.15) is 4.98 Å². The van der Waals surface area contributed by atoms with Gasteiger partial charge in [-0.05, 0) is 24.3 Å². The van der Waals surface area contributed by atoms with Crippen LogP contribution in [0.4, 0.5) is 5.88 Å². The van der Waals surface area contributed by atoms with Crippen LogP contribution in [0.25, 0.3) is 11.5 Å². The number of aromatic nitrogens is 1. The lowest BCUT2D eigenvalue weighted by atomic mass is 10.2. The van der Waals surface area contributed by atoms with E-state index in [1.807, 2.05) is 0 Å². The summed E-state index contributed by atoms with van der Waals surface area (Å²) in [5.74, 6) is 1.28. The maximum absolute atomic E-state index is 12.5.